The second-order valence-electron chi connectivity index (χ2n) is 1.70. The van der Waals surface area contributed by atoms with Crippen molar-refractivity contribution in [1.29, 1.82) is 0 Å². The van der Waals surface area contributed by atoms with Gasteiger partial charge in [0.1, 0.15) is 11.0 Å². The molecule has 0 saturated heterocycles. The van der Waals surface area contributed by atoms with Crippen LogP contribution in [-0.4, -0.2) is 17.0 Å². The third-order valence-electron chi connectivity index (χ3n) is 1.02. The third kappa shape index (κ3) is 2.07. The van der Waals surface area contributed by atoms with Gasteiger partial charge in [0.25, 0.3) is 0 Å². The van der Waals surface area contributed by atoms with Gasteiger partial charge in [-0.25, -0.2) is 4.98 Å². The highest BCUT2D eigenvalue weighted by Gasteiger charge is 2.06. The van der Waals surface area contributed by atoms with E-state index in [4.69, 9.17) is 23.2 Å². The molecule has 0 saturated carbocycles. The van der Waals surface area contributed by atoms with E-state index in [0.717, 1.165) is 3.57 Å². The van der Waals surface area contributed by atoms with Gasteiger partial charge in [-0.15, -0.1) is 0 Å². The van der Waals surface area contributed by atoms with Crippen molar-refractivity contribution in [2.45, 2.75) is 0 Å². The maximum Gasteiger partial charge on any atom is 0.225 e. The summed E-state index contributed by atoms with van der Waals surface area (Å²) in [6.45, 7) is 0. The molecule has 0 amide bonds. The fraction of sp³-hybridized carbons (Fsp3) is 0.200. The summed E-state index contributed by atoms with van der Waals surface area (Å²) in [5.41, 5.74) is 0. The van der Waals surface area contributed by atoms with Gasteiger partial charge in [-0.05, 0) is 34.2 Å². The Morgan fingerprint density at radius 1 is 1.36 bits per heavy atom. The molecular formula is C5H4Cl2IN3. The van der Waals surface area contributed by atoms with Crippen LogP contribution >= 0.6 is 45.8 Å². The first-order valence-corrected chi connectivity index (χ1v) is 4.55. The predicted octanol–water partition coefficient (Wildman–Crippen LogP) is 2.43. The van der Waals surface area contributed by atoms with Gasteiger partial charge in [0.2, 0.25) is 5.28 Å². The lowest BCUT2D eigenvalue weighted by atomic mass is 10.6. The smallest absolute Gasteiger partial charge is 0.225 e. The first-order valence-electron chi connectivity index (χ1n) is 2.71. The summed E-state index contributed by atoms with van der Waals surface area (Å²) < 4.78 is 0.774. The third-order valence-corrected chi connectivity index (χ3v) is 2.80. The fourth-order valence-electron chi connectivity index (χ4n) is 0.560. The first-order chi connectivity index (χ1) is 5.15. The molecule has 0 aliphatic rings. The van der Waals surface area contributed by atoms with Crippen LogP contribution in [0.4, 0.5) is 5.82 Å². The van der Waals surface area contributed by atoms with Crippen LogP contribution in [-0.2, 0) is 0 Å². The number of nitrogens with one attached hydrogen (secondary N) is 1. The number of nitrogens with zero attached hydrogens (tertiary/aromatic N) is 2. The molecule has 1 aromatic rings. The molecule has 0 bridgehead atoms. The van der Waals surface area contributed by atoms with Gasteiger partial charge < -0.3 is 5.32 Å². The minimum Gasteiger partial charge on any atom is -0.372 e. The highest BCUT2D eigenvalue weighted by atomic mass is 127. The van der Waals surface area contributed by atoms with Crippen LogP contribution in [0.5, 0.6) is 0 Å². The predicted molar refractivity (Wildman–Crippen MR) is 54.3 cm³/mol. The summed E-state index contributed by atoms with van der Waals surface area (Å²) in [5, 5.41) is 3.37. The molecule has 11 heavy (non-hydrogen) atoms. The van der Waals surface area contributed by atoms with E-state index in [0.29, 0.717) is 11.0 Å². The lowest BCUT2D eigenvalue weighted by Gasteiger charge is -2.02. The zero-order valence-electron chi connectivity index (χ0n) is 5.53. The lowest BCUT2D eigenvalue weighted by Crippen LogP contribution is -1.98. The minimum atomic E-state index is 0.153. The van der Waals surface area contributed by atoms with Crippen LogP contribution in [0.2, 0.25) is 10.4 Å². The van der Waals surface area contributed by atoms with E-state index < -0.39 is 0 Å². The van der Waals surface area contributed by atoms with Gasteiger partial charge in [-0.3, -0.25) is 0 Å². The maximum absolute atomic E-state index is 5.71. The van der Waals surface area contributed by atoms with E-state index in [1.807, 2.05) is 22.6 Å². The Labute approximate surface area is 87.7 Å². The monoisotopic (exact) mass is 303 g/mol. The molecule has 1 N–H and O–H groups in total. The Balaban J connectivity index is 3.24. The Bertz CT molecular complexity index is 279. The fourth-order valence-corrected chi connectivity index (χ4v) is 1.45. The summed E-state index contributed by atoms with van der Waals surface area (Å²) in [5.74, 6) is 0.649. The highest BCUT2D eigenvalue weighted by molar-refractivity contribution is 14.1. The molecule has 60 valence electrons. The number of anilines is 1. The Kier molecular flexibility index (Phi) is 3.15. The topological polar surface area (TPSA) is 37.8 Å². The number of hydrogen-bond acceptors (Lipinski definition) is 3. The second kappa shape index (κ2) is 3.73. The van der Waals surface area contributed by atoms with Crippen LogP contribution in [0.25, 0.3) is 0 Å². The summed E-state index contributed by atoms with van der Waals surface area (Å²) in [6.07, 6.45) is 0. The molecule has 0 aliphatic heterocycles. The number of hydrogen-bond donors (Lipinski definition) is 1. The minimum absolute atomic E-state index is 0.153. The number of aromatic nitrogens is 2. The molecule has 1 heterocycles. The van der Waals surface area contributed by atoms with Crippen LogP contribution in [0.1, 0.15) is 0 Å². The number of rotatable bonds is 1. The molecule has 1 aromatic heterocycles. The standard InChI is InChI=1S/C5H4Cl2IN3/c1-9-4-2(8)3(6)10-5(7)11-4/h1H3,(H,9,10,11). The van der Waals surface area contributed by atoms with Crippen molar-refractivity contribution in [3.8, 4) is 0 Å². The second-order valence-corrected chi connectivity index (χ2v) is 3.47. The molecule has 6 heteroatoms. The summed E-state index contributed by atoms with van der Waals surface area (Å²) in [6, 6.07) is 0. The average Bonchev–Trinajstić information content (AvgIpc) is 1.96. The molecule has 0 radical (unpaired) electrons. The Morgan fingerprint density at radius 2 is 2.00 bits per heavy atom. The van der Waals surface area contributed by atoms with Gasteiger partial charge in [-0.1, -0.05) is 11.6 Å². The van der Waals surface area contributed by atoms with Gasteiger partial charge in [0.15, 0.2) is 0 Å². The molecule has 0 aliphatic carbocycles. The molecule has 3 nitrogen and oxygen atoms in total. The summed E-state index contributed by atoms with van der Waals surface area (Å²) in [7, 11) is 1.75. The Morgan fingerprint density at radius 3 is 2.55 bits per heavy atom. The molecule has 0 atom stereocenters. The van der Waals surface area contributed by atoms with E-state index in [1.165, 1.54) is 0 Å². The largest absolute Gasteiger partial charge is 0.372 e. The molecule has 0 spiro atoms. The van der Waals surface area contributed by atoms with Crippen molar-refractivity contribution in [2.75, 3.05) is 12.4 Å². The SMILES string of the molecule is CNc1nc(Cl)nc(Cl)c1I. The van der Waals surface area contributed by atoms with Crippen molar-refractivity contribution in [3.63, 3.8) is 0 Å². The van der Waals surface area contributed by atoms with Crippen LogP contribution in [0, 0.1) is 3.57 Å². The normalized spacial score (nSPS) is 9.82. The maximum atomic E-state index is 5.71. The van der Waals surface area contributed by atoms with Crippen LogP contribution in [0.3, 0.4) is 0 Å². The molecule has 1 rings (SSSR count). The van der Waals surface area contributed by atoms with Gasteiger partial charge in [0, 0.05) is 7.05 Å². The number of halogens is 3. The van der Waals surface area contributed by atoms with E-state index in [2.05, 4.69) is 15.3 Å². The quantitative estimate of drug-likeness (QED) is 0.492. The van der Waals surface area contributed by atoms with Gasteiger partial charge in [-0.2, -0.15) is 4.98 Å². The van der Waals surface area contributed by atoms with Gasteiger partial charge in [0.05, 0.1) is 3.57 Å². The van der Waals surface area contributed by atoms with Crippen LogP contribution < -0.4 is 5.32 Å². The van der Waals surface area contributed by atoms with Gasteiger partial charge >= 0.3 is 0 Å². The summed E-state index contributed by atoms with van der Waals surface area (Å²) >= 11 is 13.3. The van der Waals surface area contributed by atoms with Crippen molar-refractivity contribution in [1.82, 2.24) is 9.97 Å². The first kappa shape index (κ1) is 9.28. The van der Waals surface area contributed by atoms with Crippen molar-refractivity contribution in [2.24, 2.45) is 0 Å². The lowest BCUT2D eigenvalue weighted by molar-refractivity contribution is 1.14. The van der Waals surface area contributed by atoms with E-state index in [1.54, 1.807) is 7.05 Å². The van der Waals surface area contributed by atoms with E-state index in [9.17, 15) is 0 Å². The summed E-state index contributed by atoms with van der Waals surface area (Å²) in [4.78, 5) is 7.66. The van der Waals surface area contributed by atoms with Crippen molar-refractivity contribution in [3.05, 3.63) is 14.0 Å². The van der Waals surface area contributed by atoms with Crippen LogP contribution in [0.15, 0.2) is 0 Å². The zero-order chi connectivity index (χ0) is 8.43. The Hall–Kier alpha value is 0.190. The van der Waals surface area contributed by atoms with Crippen molar-refractivity contribution >= 4 is 51.6 Å². The molecule has 0 unspecified atom stereocenters. The molecule has 0 fully saturated rings. The zero-order valence-corrected chi connectivity index (χ0v) is 9.20. The molecule has 0 aromatic carbocycles. The average molecular weight is 304 g/mol. The highest BCUT2D eigenvalue weighted by Crippen LogP contribution is 2.23. The molecular weight excluding hydrogens is 300 g/mol. The van der Waals surface area contributed by atoms with E-state index in [-0.39, 0.29) is 5.28 Å². The van der Waals surface area contributed by atoms with E-state index >= 15 is 0 Å². The van der Waals surface area contributed by atoms with Crippen molar-refractivity contribution < 1.29 is 0 Å².